The minimum Gasteiger partial charge on any atom is -0.482 e. The van der Waals surface area contributed by atoms with Crippen LogP contribution in [0.15, 0.2) is 18.2 Å². The highest BCUT2D eigenvalue weighted by Crippen LogP contribution is 2.28. The van der Waals surface area contributed by atoms with E-state index in [1.807, 2.05) is 32.0 Å². The molecule has 2 rings (SSSR count). The summed E-state index contributed by atoms with van der Waals surface area (Å²) in [6, 6.07) is 5.84. The number of anilines is 1. The second kappa shape index (κ2) is 5.39. The van der Waals surface area contributed by atoms with E-state index in [2.05, 4.69) is 12.2 Å². The van der Waals surface area contributed by atoms with Crippen molar-refractivity contribution in [3.8, 4) is 5.75 Å². The van der Waals surface area contributed by atoms with Crippen molar-refractivity contribution < 1.29 is 9.53 Å². The molecule has 0 atom stereocenters. The van der Waals surface area contributed by atoms with Gasteiger partial charge in [0.15, 0.2) is 6.61 Å². The van der Waals surface area contributed by atoms with Crippen molar-refractivity contribution in [1.82, 2.24) is 0 Å². The first kappa shape index (κ1) is 11.6. The Balaban J connectivity index is 0.000000531. The van der Waals surface area contributed by atoms with Crippen molar-refractivity contribution in [2.45, 2.75) is 27.2 Å². The molecule has 0 saturated carbocycles. The lowest BCUT2D eigenvalue weighted by atomic mass is 10.1. The molecule has 1 aromatic carbocycles. The molecule has 3 nitrogen and oxygen atoms in total. The van der Waals surface area contributed by atoms with E-state index >= 15 is 0 Å². The summed E-state index contributed by atoms with van der Waals surface area (Å²) < 4.78 is 5.27. The molecule has 1 heterocycles. The molecular weight excluding hydrogens is 190 g/mol. The first-order valence-electron chi connectivity index (χ1n) is 5.35. The van der Waals surface area contributed by atoms with Crippen LogP contribution in [0, 0.1) is 0 Å². The number of ether oxygens (including phenoxy) is 1. The van der Waals surface area contributed by atoms with E-state index in [4.69, 9.17) is 4.74 Å². The molecule has 1 aliphatic rings. The maximum atomic E-state index is 10.9. The number of hydrogen-bond donors (Lipinski definition) is 1. The third-order valence-electron chi connectivity index (χ3n) is 2.09. The van der Waals surface area contributed by atoms with Crippen LogP contribution in [-0.4, -0.2) is 12.5 Å². The average molecular weight is 207 g/mol. The predicted molar refractivity (Wildman–Crippen MR) is 61.3 cm³/mol. The van der Waals surface area contributed by atoms with Gasteiger partial charge in [0.1, 0.15) is 5.75 Å². The van der Waals surface area contributed by atoms with Gasteiger partial charge in [0, 0.05) is 0 Å². The summed E-state index contributed by atoms with van der Waals surface area (Å²) in [5.41, 5.74) is 1.99. The quantitative estimate of drug-likeness (QED) is 0.768. The highest BCUT2D eigenvalue weighted by molar-refractivity contribution is 5.95. The van der Waals surface area contributed by atoms with Gasteiger partial charge < -0.3 is 10.1 Å². The maximum absolute atomic E-state index is 10.9. The van der Waals surface area contributed by atoms with Gasteiger partial charge in [-0.3, -0.25) is 4.79 Å². The molecule has 1 N–H and O–H groups in total. The van der Waals surface area contributed by atoms with Crippen molar-refractivity contribution in [1.29, 1.82) is 0 Å². The molecule has 0 fully saturated rings. The van der Waals surface area contributed by atoms with E-state index in [1.54, 1.807) is 0 Å². The Morgan fingerprint density at radius 3 is 2.80 bits per heavy atom. The van der Waals surface area contributed by atoms with Gasteiger partial charge in [0.05, 0.1) is 5.69 Å². The van der Waals surface area contributed by atoms with Crippen molar-refractivity contribution >= 4 is 11.6 Å². The van der Waals surface area contributed by atoms with E-state index in [9.17, 15) is 4.79 Å². The summed E-state index contributed by atoms with van der Waals surface area (Å²) in [6.07, 6.45) is 0.977. The molecule has 1 aromatic rings. The maximum Gasteiger partial charge on any atom is 0.262 e. The Kier molecular flexibility index (Phi) is 4.16. The molecule has 1 amide bonds. The Bertz CT molecular complexity index is 347. The fraction of sp³-hybridized carbons (Fsp3) is 0.417. The van der Waals surface area contributed by atoms with E-state index in [1.165, 1.54) is 5.56 Å². The molecule has 0 aromatic heterocycles. The number of hydrogen-bond acceptors (Lipinski definition) is 2. The van der Waals surface area contributed by atoms with Gasteiger partial charge in [-0.1, -0.05) is 26.8 Å². The highest BCUT2D eigenvalue weighted by atomic mass is 16.5. The molecule has 0 saturated heterocycles. The van der Waals surface area contributed by atoms with E-state index < -0.39 is 0 Å². The summed E-state index contributed by atoms with van der Waals surface area (Å²) in [6.45, 7) is 6.21. The Morgan fingerprint density at radius 1 is 1.40 bits per heavy atom. The minimum absolute atomic E-state index is 0.0863. The first-order chi connectivity index (χ1) is 7.29. The minimum atomic E-state index is -0.0863. The van der Waals surface area contributed by atoms with Crippen LogP contribution in [0.5, 0.6) is 5.75 Å². The third kappa shape index (κ3) is 2.72. The zero-order valence-corrected chi connectivity index (χ0v) is 9.46. The van der Waals surface area contributed by atoms with Crippen LogP contribution < -0.4 is 10.1 Å². The summed E-state index contributed by atoms with van der Waals surface area (Å²) in [4.78, 5) is 10.9. The van der Waals surface area contributed by atoms with Crippen LogP contribution >= 0.6 is 0 Å². The number of carbonyl (C=O) groups is 1. The normalized spacial score (nSPS) is 12.9. The van der Waals surface area contributed by atoms with Crippen molar-refractivity contribution in [3.63, 3.8) is 0 Å². The van der Waals surface area contributed by atoms with Crippen LogP contribution in [-0.2, 0) is 11.2 Å². The lowest BCUT2D eigenvalue weighted by molar-refractivity contribution is -0.118. The van der Waals surface area contributed by atoms with E-state index in [0.29, 0.717) is 0 Å². The van der Waals surface area contributed by atoms with E-state index in [0.717, 1.165) is 17.9 Å². The number of rotatable bonds is 1. The predicted octanol–water partition coefficient (Wildman–Crippen LogP) is 2.61. The fourth-order valence-corrected chi connectivity index (χ4v) is 1.34. The zero-order chi connectivity index (χ0) is 11.3. The first-order valence-corrected chi connectivity index (χ1v) is 5.35. The van der Waals surface area contributed by atoms with Crippen molar-refractivity contribution in [2.75, 3.05) is 11.9 Å². The van der Waals surface area contributed by atoms with Crippen molar-refractivity contribution in [3.05, 3.63) is 23.8 Å². The number of amides is 1. The van der Waals surface area contributed by atoms with Crippen molar-refractivity contribution in [2.24, 2.45) is 0 Å². The third-order valence-corrected chi connectivity index (χ3v) is 2.09. The monoisotopic (exact) mass is 207 g/mol. The van der Waals surface area contributed by atoms with Gasteiger partial charge in [-0.25, -0.2) is 0 Å². The standard InChI is InChI=1S/C10H11NO2.C2H6/c1-2-7-3-4-8-9(5-7)13-6-10(12)11-8;1-2/h3-5H,2,6H2,1H3,(H,11,12);1-2H3. The van der Waals surface area contributed by atoms with Crippen LogP contribution in [0.25, 0.3) is 0 Å². The molecule has 15 heavy (non-hydrogen) atoms. The molecule has 0 bridgehead atoms. The molecule has 0 radical (unpaired) electrons. The molecular formula is C12H17NO2. The molecule has 3 heteroatoms. The summed E-state index contributed by atoms with van der Waals surface area (Å²) in [5, 5.41) is 2.75. The van der Waals surface area contributed by atoms with Gasteiger partial charge in [-0.15, -0.1) is 0 Å². The molecule has 82 valence electrons. The summed E-state index contributed by atoms with van der Waals surface area (Å²) >= 11 is 0. The van der Waals surface area contributed by atoms with Gasteiger partial charge in [0.2, 0.25) is 0 Å². The lowest BCUT2D eigenvalue weighted by Gasteiger charge is -2.18. The zero-order valence-electron chi connectivity index (χ0n) is 9.46. The molecule has 0 aliphatic carbocycles. The van der Waals surface area contributed by atoms with Crippen LogP contribution in [0.4, 0.5) is 5.69 Å². The Labute approximate surface area is 90.4 Å². The lowest BCUT2D eigenvalue weighted by Crippen LogP contribution is -2.25. The summed E-state index contributed by atoms with van der Waals surface area (Å²) in [5.74, 6) is 0.690. The van der Waals surface area contributed by atoms with E-state index in [-0.39, 0.29) is 12.5 Å². The number of carbonyl (C=O) groups excluding carboxylic acids is 1. The van der Waals surface area contributed by atoms with Crippen LogP contribution in [0.1, 0.15) is 26.3 Å². The number of benzene rings is 1. The largest absolute Gasteiger partial charge is 0.482 e. The number of aryl methyl sites for hydroxylation is 1. The van der Waals surface area contributed by atoms with Gasteiger partial charge >= 0.3 is 0 Å². The molecule has 1 aliphatic heterocycles. The van der Waals surface area contributed by atoms with Crippen LogP contribution in [0.2, 0.25) is 0 Å². The number of fused-ring (bicyclic) bond motifs is 1. The van der Waals surface area contributed by atoms with Crippen LogP contribution in [0.3, 0.4) is 0 Å². The van der Waals surface area contributed by atoms with Gasteiger partial charge in [-0.05, 0) is 24.1 Å². The second-order valence-electron chi connectivity index (χ2n) is 3.02. The Morgan fingerprint density at radius 2 is 2.13 bits per heavy atom. The average Bonchev–Trinajstić information content (AvgIpc) is 2.31. The second-order valence-corrected chi connectivity index (χ2v) is 3.02. The van der Waals surface area contributed by atoms with Gasteiger partial charge in [0.25, 0.3) is 5.91 Å². The summed E-state index contributed by atoms with van der Waals surface area (Å²) in [7, 11) is 0. The fourth-order valence-electron chi connectivity index (χ4n) is 1.34. The SMILES string of the molecule is CC.CCc1ccc2c(c1)OCC(=O)N2. The highest BCUT2D eigenvalue weighted by Gasteiger charge is 2.15. The Hall–Kier alpha value is -1.51. The van der Waals surface area contributed by atoms with Gasteiger partial charge in [-0.2, -0.15) is 0 Å². The smallest absolute Gasteiger partial charge is 0.262 e. The molecule has 0 spiro atoms. The topological polar surface area (TPSA) is 38.3 Å². The molecule has 0 unspecified atom stereocenters. The number of nitrogens with one attached hydrogen (secondary N) is 1.